The maximum atomic E-state index is 11.8. The molecule has 1 heterocycles. The van der Waals surface area contributed by atoms with Gasteiger partial charge >= 0.3 is 0 Å². The molecule has 1 amide bonds. The molecule has 1 atom stereocenters. The van der Waals surface area contributed by atoms with Crippen molar-refractivity contribution in [2.24, 2.45) is 11.3 Å². The van der Waals surface area contributed by atoms with Crippen LogP contribution in [-0.2, 0) is 4.79 Å². The molecule has 1 N–H and O–H groups in total. The second-order valence-electron chi connectivity index (χ2n) is 5.78. The number of nitrogens with zero attached hydrogens (tertiary/aromatic N) is 1. The van der Waals surface area contributed by atoms with Crippen LogP contribution in [0.2, 0.25) is 0 Å². The van der Waals surface area contributed by atoms with Gasteiger partial charge in [-0.25, -0.2) is 0 Å². The molecule has 1 unspecified atom stereocenters. The Balaban J connectivity index is 1.80. The number of likely N-dealkylation sites (tertiary alicyclic amines) is 1. The minimum Gasteiger partial charge on any atom is -0.354 e. The molecule has 2 fully saturated rings. The van der Waals surface area contributed by atoms with Crippen molar-refractivity contribution in [1.82, 2.24) is 10.2 Å². The van der Waals surface area contributed by atoms with E-state index >= 15 is 0 Å². The van der Waals surface area contributed by atoms with Gasteiger partial charge in [0.1, 0.15) is 0 Å². The van der Waals surface area contributed by atoms with Crippen molar-refractivity contribution in [3.05, 3.63) is 0 Å². The molecule has 15 heavy (non-hydrogen) atoms. The molecule has 0 bridgehead atoms. The first-order valence-electron chi connectivity index (χ1n) is 5.99. The van der Waals surface area contributed by atoms with Crippen molar-refractivity contribution < 1.29 is 4.79 Å². The van der Waals surface area contributed by atoms with Gasteiger partial charge in [0.15, 0.2) is 0 Å². The van der Waals surface area contributed by atoms with Crippen molar-refractivity contribution >= 4 is 5.91 Å². The van der Waals surface area contributed by atoms with E-state index in [4.69, 9.17) is 0 Å². The van der Waals surface area contributed by atoms with Crippen LogP contribution >= 0.6 is 0 Å². The van der Waals surface area contributed by atoms with Crippen LogP contribution < -0.4 is 5.32 Å². The van der Waals surface area contributed by atoms with E-state index < -0.39 is 0 Å². The highest BCUT2D eigenvalue weighted by molar-refractivity contribution is 5.83. The Kier molecular flexibility index (Phi) is 2.53. The number of carbonyl (C=O) groups is 1. The van der Waals surface area contributed by atoms with Gasteiger partial charge in [0.25, 0.3) is 0 Å². The van der Waals surface area contributed by atoms with Crippen LogP contribution in [-0.4, -0.2) is 36.0 Å². The van der Waals surface area contributed by atoms with Crippen molar-refractivity contribution in [1.29, 1.82) is 0 Å². The van der Waals surface area contributed by atoms with Crippen LogP contribution in [0.1, 0.15) is 34.1 Å². The van der Waals surface area contributed by atoms with Gasteiger partial charge in [-0.3, -0.25) is 9.69 Å². The summed E-state index contributed by atoms with van der Waals surface area (Å²) in [5, 5.41) is 3.01. The Morgan fingerprint density at radius 1 is 1.33 bits per heavy atom. The van der Waals surface area contributed by atoms with E-state index in [2.05, 4.69) is 24.1 Å². The second-order valence-corrected chi connectivity index (χ2v) is 5.78. The van der Waals surface area contributed by atoms with Crippen molar-refractivity contribution in [3.63, 3.8) is 0 Å². The van der Waals surface area contributed by atoms with Crippen LogP contribution in [0.25, 0.3) is 0 Å². The van der Waals surface area contributed by atoms with Crippen molar-refractivity contribution in [3.8, 4) is 0 Å². The maximum Gasteiger partial charge on any atom is 0.223 e. The van der Waals surface area contributed by atoms with E-state index in [1.165, 1.54) is 0 Å². The normalized spacial score (nSPS) is 28.3. The lowest BCUT2D eigenvalue weighted by atomic mass is 9.92. The largest absolute Gasteiger partial charge is 0.354 e. The summed E-state index contributed by atoms with van der Waals surface area (Å²) in [6.45, 7) is 10.7. The topological polar surface area (TPSA) is 32.3 Å². The predicted octanol–water partition coefficient (Wildman–Crippen LogP) is 1.24. The Morgan fingerprint density at radius 3 is 2.40 bits per heavy atom. The molecule has 1 aliphatic carbocycles. The minimum atomic E-state index is 0.272. The fourth-order valence-corrected chi connectivity index (χ4v) is 2.58. The molecular weight excluding hydrogens is 188 g/mol. The van der Waals surface area contributed by atoms with Gasteiger partial charge in [0.05, 0.1) is 0 Å². The highest BCUT2D eigenvalue weighted by Gasteiger charge is 2.64. The number of amides is 1. The van der Waals surface area contributed by atoms with Gasteiger partial charge in [0, 0.05) is 36.5 Å². The van der Waals surface area contributed by atoms with Gasteiger partial charge in [-0.2, -0.15) is 0 Å². The Morgan fingerprint density at radius 2 is 1.93 bits per heavy atom. The van der Waals surface area contributed by atoms with Crippen LogP contribution in [0.15, 0.2) is 0 Å². The van der Waals surface area contributed by atoms with Crippen LogP contribution in [0.3, 0.4) is 0 Å². The summed E-state index contributed by atoms with van der Waals surface area (Å²) in [6.07, 6.45) is 1.11. The molecule has 1 saturated carbocycles. The molecule has 0 aromatic heterocycles. The lowest BCUT2D eigenvalue weighted by Gasteiger charge is -2.43. The number of carbonyl (C=O) groups excluding carboxylic acids is 1. The van der Waals surface area contributed by atoms with Gasteiger partial charge in [-0.05, 0) is 34.1 Å². The molecular formula is C12H22N2O. The average molecular weight is 210 g/mol. The highest BCUT2D eigenvalue weighted by atomic mass is 16.2. The van der Waals surface area contributed by atoms with Crippen LogP contribution in [0, 0.1) is 11.3 Å². The van der Waals surface area contributed by atoms with E-state index in [0.29, 0.717) is 17.4 Å². The lowest BCUT2D eigenvalue weighted by Crippen LogP contribution is -2.53. The fourth-order valence-electron chi connectivity index (χ4n) is 2.58. The third kappa shape index (κ3) is 1.89. The number of hydrogen-bond acceptors (Lipinski definition) is 2. The van der Waals surface area contributed by atoms with E-state index in [-0.39, 0.29) is 11.9 Å². The third-order valence-corrected chi connectivity index (χ3v) is 3.70. The molecule has 1 aliphatic heterocycles. The first-order chi connectivity index (χ1) is 6.94. The number of rotatable bonds is 3. The van der Waals surface area contributed by atoms with E-state index in [9.17, 15) is 4.79 Å². The van der Waals surface area contributed by atoms with Gasteiger partial charge in [0.2, 0.25) is 5.91 Å². The third-order valence-electron chi connectivity index (χ3n) is 3.70. The molecule has 3 heteroatoms. The average Bonchev–Trinajstić information content (AvgIpc) is 2.73. The molecule has 0 radical (unpaired) electrons. The first-order valence-corrected chi connectivity index (χ1v) is 5.99. The minimum absolute atomic E-state index is 0.272. The summed E-state index contributed by atoms with van der Waals surface area (Å²) >= 11 is 0. The standard InChI is InChI=1S/C12H22N2O/c1-8(2)13-11(15)10-5-12(10)6-14(7-12)9(3)4/h8-10H,5-7H2,1-4H3,(H,13,15). The molecule has 2 rings (SSSR count). The Hall–Kier alpha value is -0.570. The van der Waals surface area contributed by atoms with Crippen molar-refractivity contribution in [2.45, 2.75) is 46.2 Å². The molecule has 0 aromatic rings. The second kappa shape index (κ2) is 3.48. The lowest BCUT2D eigenvalue weighted by molar-refractivity contribution is -0.124. The SMILES string of the molecule is CC(C)NC(=O)C1CC12CN(C(C)C)C2. The monoisotopic (exact) mass is 210 g/mol. The van der Waals surface area contributed by atoms with E-state index in [0.717, 1.165) is 19.5 Å². The van der Waals surface area contributed by atoms with Crippen molar-refractivity contribution in [2.75, 3.05) is 13.1 Å². The zero-order valence-electron chi connectivity index (χ0n) is 10.2. The van der Waals surface area contributed by atoms with Crippen LogP contribution in [0.4, 0.5) is 0 Å². The summed E-state index contributed by atoms with van der Waals surface area (Å²) in [5.74, 6) is 0.573. The molecule has 86 valence electrons. The first kappa shape index (κ1) is 10.9. The van der Waals surface area contributed by atoms with Gasteiger partial charge < -0.3 is 5.32 Å². The number of nitrogens with one attached hydrogen (secondary N) is 1. The van der Waals surface area contributed by atoms with E-state index in [1.54, 1.807) is 0 Å². The molecule has 1 spiro atoms. The van der Waals surface area contributed by atoms with E-state index in [1.807, 2.05) is 13.8 Å². The Labute approximate surface area is 92.2 Å². The molecule has 2 aliphatic rings. The molecule has 0 aromatic carbocycles. The zero-order chi connectivity index (χ0) is 11.2. The molecule has 1 saturated heterocycles. The van der Waals surface area contributed by atoms with Gasteiger partial charge in [-0.1, -0.05) is 0 Å². The fraction of sp³-hybridized carbons (Fsp3) is 0.917. The zero-order valence-corrected chi connectivity index (χ0v) is 10.2. The summed E-state index contributed by atoms with van der Waals surface area (Å²) in [6, 6.07) is 0.904. The number of hydrogen-bond donors (Lipinski definition) is 1. The highest BCUT2D eigenvalue weighted by Crippen LogP contribution is 2.59. The summed E-state index contributed by atoms with van der Waals surface area (Å²) in [7, 11) is 0. The van der Waals surface area contributed by atoms with Crippen LogP contribution in [0.5, 0.6) is 0 Å². The molecule has 3 nitrogen and oxygen atoms in total. The predicted molar refractivity (Wildman–Crippen MR) is 60.5 cm³/mol. The summed E-state index contributed by atoms with van der Waals surface area (Å²) in [4.78, 5) is 14.2. The summed E-state index contributed by atoms with van der Waals surface area (Å²) in [5.41, 5.74) is 0.364. The smallest absolute Gasteiger partial charge is 0.223 e. The quantitative estimate of drug-likeness (QED) is 0.760. The summed E-state index contributed by atoms with van der Waals surface area (Å²) < 4.78 is 0. The maximum absolute atomic E-state index is 11.8. The Bertz CT molecular complexity index is 267. The van der Waals surface area contributed by atoms with Gasteiger partial charge in [-0.15, -0.1) is 0 Å².